The molecule has 0 aromatic carbocycles. The van der Waals surface area contributed by atoms with Gasteiger partial charge >= 0.3 is 0 Å². The van der Waals surface area contributed by atoms with Gasteiger partial charge in [0.1, 0.15) is 0 Å². The predicted octanol–water partition coefficient (Wildman–Crippen LogP) is 0.387. The molecule has 2 rings (SSSR count). The monoisotopic (exact) mass is 221 g/mol. The summed E-state index contributed by atoms with van der Waals surface area (Å²) in [7, 11) is 1.61. The summed E-state index contributed by atoms with van der Waals surface area (Å²) in [6.07, 6.45) is 0. The van der Waals surface area contributed by atoms with E-state index in [1.807, 2.05) is 24.3 Å². The molecule has 0 aliphatic rings. The van der Waals surface area contributed by atoms with Crippen molar-refractivity contribution in [2.45, 2.75) is 19.9 Å². The summed E-state index contributed by atoms with van der Waals surface area (Å²) >= 11 is 0. The van der Waals surface area contributed by atoms with Gasteiger partial charge in [-0.05, 0) is 19.9 Å². The van der Waals surface area contributed by atoms with E-state index in [0.717, 1.165) is 11.4 Å². The van der Waals surface area contributed by atoms with Crippen LogP contribution in [-0.4, -0.2) is 33.3 Å². The van der Waals surface area contributed by atoms with Gasteiger partial charge in [0.15, 0.2) is 5.82 Å². The van der Waals surface area contributed by atoms with Crippen LogP contribution in [0.4, 0.5) is 0 Å². The number of nitrogens with zero attached hydrogens (tertiary/aromatic N) is 4. The molecule has 2 heterocycles. The highest BCUT2D eigenvalue weighted by atomic mass is 16.5. The van der Waals surface area contributed by atoms with Crippen LogP contribution in [0, 0.1) is 13.8 Å². The Morgan fingerprint density at radius 3 is 2.88 bits per heavy atom. The highest BCUT2D eigenvalue weighted by molar-refractivity contribution is 5.33. The van der Waals surface area contributed by atoms with Crippen LogP contribution in [-0.2, 0) is 4.74 Å². The maximum atomic E-state index is 5.95. The third-order valence-corrected chi connectivity index (χ3v) is 2.40. The smallest absolute Gasteiger partial charge is 0.255 e. The first-order valence-electron chi connectivity index (χ1n) is 5.07. The summed E-state index contributed by atoms with van der Waals surface area (Å²) in [6.45, 7) is 4.32. The number of hydrogen-bond acceptors (Lipinski definition) is 5. The second-order valence-corrected chi connectivity index (χ2v) is 3.79. The molecule has 0 saturated heterocycles. The topological polar surface area (TPSA) is 78.3 Å². The molecule has 1 unspecified atom stereocenters. The summed E-state index contributed by atoms with van der Waals surface area (Å²) in [5, 5.41) is 8.07. The Morgan fingerprint density at radius 2 is 2.19 bits per heavy atom. The zero-order valence-electron chi connectivity index (χ0n) is 9.64. The molecule has 0 aliphatic carbocycles. The Hall–Kier alpha value is -1.53. The van der Waals surface area contributed by atoms with Crippen LogP contribution in [0.25, 0.3) is 5.78 Å². The van der Waals surface area contributed by atoms with Crippen LogP contribution in [0.1, 0.15) is 23.3 Å². The van der Waals surface area contributed by atoms with Gasteiger partial charge in [0.25, 0.3) is 5.78 Å². The van der Waals surface area contributed by atoms with Crippen LogP contribution in [0.5, 0.6) is 0 Å². The summed E-state index contributed by atoms with van der Waals surface area (Å²) in [4.78, 5) is 4.29. The molecular formula is C10H15N5O. The van der Waals surface area contributed by atoms with E-state index in [1.54, 1.807) is 7.11 Å². The van der Waals surface area contributed by atoms with Crippen molar-refractivity contribution in [3.8, 4) is 0 Å². The van der Waals surface area contributed by atoms with E-state index < -0.39 is 0 Å². The maximum absolute atomic E-state index is 5.95. The largest absolute Gasteiger partial charge is 0.383 e. The number of nitrogens with two attached hydrogens (primary N) is 1. The highest BCUT2D eigenvalue weighted by Gasteiger charge is 2.15. The SMILES string of the molecule is COCC(N)c1nnc2nc(C)cc(C)n12. The Kier molecular flexibility index (Phi) is 2.84. The van der Waals surface area contributed by atoms with Crippen molar-refractivity contribution in [2.75, 3.05) is 13.7 Å². The van der Waals surface area contributed by atoms with Crippen molar-refractivity contribution in [3.63, 3.8) is 0 Å². The van der Waals surface area contributed by atoms with Gasteiger partial charge in [-0.25, -0.2) is 4.98 Å². The molecule has 86 valence electrons. The van der Waals surface area contributed by atoms with Crippen molar-refractivity contribution in [3.05, 3.63) is 23.3 Å². The average Bonchev–Trinajstić information content (AvgIpc) is 2.61. The zero-order valence-corrected chi connectivity index (χ0v) is 9.64. The minimum absolute atomic E-state index is 0.289. The Morgan fingerprint density at radius 1 is 1.44 bits per heavy atom. The molecule has 1 atom stereocenters. The van der Waals surface area contributed by atoms with Gasteiger partial charge in [-0.15, -0.1) is 10.2 Å². The summed E-state index contributed by atoms with van der Waals surface area (Å²) in [5.74, 6) is 1.26. The molecule has 0 bridgehead atoms. The molecule has 6 nitrogen and oxygen atoms in total. The predicted molar refractivity (Wildman–Crippen MR) is 59.1 cm³/mol. The lowest BCUT2D eigenvalue weighted by Gasteiger charge is -2.09. The molecule has 0 amide bonds. The standard InChI is InChI=1S/C10H15N5O/c1-6-4-7(2)15-9(8(11)5-16-3)13-14-10(15)12-6/h4,8H,5,11H2,1-3H3. The highest BCUT2D eigenvalue weighted by Crippen LogP contribution is 2.12. The molecule has 0 saturated carbocycles. The van der Waals surface area contributed by atoms with Gasteiger partial charge in [0.05, 0.1) is 12.6 Å². The number of methoxy groups -OCH3 is 1. The van der Waals surface area contributed by atoms with Gasteiger partial charge < -0.3 is 10.5 Å². The Balaban J connectivity index is 2.55. The molecule has 2 aromatic rings. The lowest BCUT2D eigenvalue weighted by Crippen LogP contribution is -2.20. The van der Waals surface area contributed by atoms with Gasteiger partial charge in [0, 0.05) is 18.5 Å². The Labute approximate surface area is 93.5 Å². The summed E-state index contributed by atoms with van der Waals surface area (Å²) < 4.78 is 6.87. The first kappa shape index (κ1) is 11.0. The van der Waals surface area contributed by atoms with E-state index in [1.165, 1.54) is 0 Å². The summed E-state index contributed by atoms with van der Waals surface area (Å²) in [5.41, 5.74) is 7.89. The normalized spacial score (nSPS) is 13.2. The molecule has 16 heavy (non-hydrogen) atoms. The second kappa shape index (κ2) is 4.15. The van der Waals surface area contributed by atoms with Gasteiger partial charge in [-0.1, -0.05) is 0 Å². The number of rotatable bonds is 3. The third-order valence-electron chi connectivity index (χ3n) is 2.40. The van der Waals surface area contributed by atoms with Crippen LogP contribution in [0.15, 0.2) is 6.07 Å². The van der Waals surface area contributed by atoms with Crippen molar-refractivity contribution in [2.24, 2.45) is 5.73 Å². The van der Waals surface area contributed by atoms with E-state index in [-0.39, 0.29) is 6.04 Å². The lowest BCUT2D eigenvalue weighted by atomic mass is 10.3. The number of aryl methyl sites for hydroxylation is 2. The number of ether oxygens (including phenoxy) is 1. The van der Waals surface area contributed by atoms with Crippen molar-refractivity contribution < 1.29 is 4.74 Å². The van der Waals surface area contributed by atoms with E-state index in [9.17, 15) is 0 Å². The number of hydrogen-bond donors (Lipinski definition) is 1. The molecule has 6 heteroatoms. The fourth-order valence-corrected chi connectivity index (χ4v) is 1.75. The molecule has 0 aliphatic heterocycles. The van der Waals surface area contributed by atoms with Crippen LogP contribution in [0.2, 0.25) is 0 Å². The van der Waals surface area contributed by atoms with Gasteiger partial charge in [0.2, 0.25) is 0 Å². The van der Waals surface area contributed by atoms with Crippen molar-refractivity contribution in [1.82, 2.24) is 19.6 Å². The van der Waals surface area contributed by atoms with E-state index in [0.29, 0.717) is 18.2 Å². The van der Waals surface area contributed by atoms with Crippen LogP contribution in [0.3, 0.4) is 0 Å². The quantitative estimate of drug-likeness (QED) is 0.811. The average molecular weight is 221 g/mol. The van der Waals surface area contributed by atoms with Crippen LogP contribution >= 0.6 is 0 Å². The van der Waals surface area contributed by atoms with Crippen molar-refractivity contribution >= 4 is 5.78 Å². The van der Waals surface area contributed by atoms with Crippen LogP contribution < -0.4 is 5.73 Å². The van der Waals surface area contributed by atoms with Gasteiger partial charge in [-0.2, -0.15) is 0 Å². The zero-order chi connectivity index (χ0) is 11.7. The fourth-order valence-electron chi connectivity index (χ4n) is 1.75. The second-order valence-electron chi connectivity index (χ2n) is 3.79. The first-order valence-corrected chi connectivity index (χ1v) is 5.07. The molecule has 2 N–H and O–H groups in total. The minimum Gasteiger partial charge on any atom is -0.383 e. The van der Waals surface area contributed by atoms with E-state index >= 15 is 0 Å². The van der Waals surface area contributed by atoms with E-state index in [4.69, 9.17) is 10.5 Å². The summed E-state index contributed by atoms with van der Waals surface area (Å²) in [6, 6.07) is 1.68. The molecular weight excluding hydrogens is 206 g/mol. The maximum Gasteiger partial charge on any atom is 0.255 e. The third kappa shape index (κ3) is 1.77. The van der Waals surface area contributed by atoms with Gasteiger partial charge in [-0.3, -0.25) is 4.40 Å². The number of fused-ring (bicyclic) bond motifs is 1. The Bertz CT molecular complexity index is 507. The molecule has 0 radical (unpaired) electrons. The molecule has 0 fully saturated rings. The number of aromatic nitrogens is 4. The molecule has 2 aromatic heterocycles. The lowest BCUT2D eigenvalue weighted by molar-refractivity contribution is 0.178. The minimum atomic E-state index is -0.289. The van der Waals surface area contributed by atoms with Crippen molar-refractivity contribution in [1.29, 1.82) is 0 Å². The fraction of sp³-hybridized carbons (Fsp3) is 0.500. The first-order chi connectivity index (χ1) is 7.63. The molecule has 0 spiro atoms. The van der Waals surface area contributed by atoms with E-state index in [2.05, 4.69) is 15.2 Å².